The van der Waals surface area contributed by atoms with E-state index in [1.54, 1.807) is 33.3 Å². The molecule has 2 N–H and O–H groups in total. The second kappa shape index (κ2) is 18.9. The fourth-order valence-electron chi connectivity index (χ4n) is 3.46. The average Bonchev–Trinajstić information content (AvgIpc) is 2.73. The van der Waals surface area contributed by atoms with Gasteiger partial charge in [-0.15, -0.1) is 0 Å². The van der Waals surface area contributed by atoms with Crippen molar-refractivity contribution in [1.82, 2.24) is 0 Å². The lowest BCUT2D eigenvalue weighted by atomic mass is 9.92. The summed E-state index contributed by atoms with van der Waals surface area (Å²) in [7, 11) is 5.39. The number of rotatable bonds is 19. The highest BCUT2D eigenvalue weighted by molar-refractivity contribution is 5.99. The van der Waals surface area contributed by atoms with Gasteiger partial charge in [0.25, 0.3) is 0 Å². The van der Waals surface area contributed by atoms with Crippen molar-refractivity contribution in [3.8, 4) is 0 Å². The predicted octanol–water partition coefficient (Wildman–Crippen LogP) is 5.95. The third-order valence-electron chi connectivity index (χ3n) is 5.00. The summed E-state index contributed by atoms with van der Waals surface area (Å²) in [5, 5.41) is 19.6. The van der Waals surface area contributed by atoms with Gasteiger partial charge in [0, 0.05) is 0 Å². The number of hydrogen-bond acceptors (Lipinski definition) is 3. The van der Waals surface area contributed by atoms with Gasteiger partial charge in [0.2, 0.25) is 0 Å². The number of aliphatic carboxylic acids is 1. The van der Waals surface area contributed by atoms with Crippen LogP contribution in [0.25, 0.3) is 0 Å². The molecular formula is C29H46NO4+. The maximum absolute atomic E-state index is 12.4. The van der Waals surface area contributed by atoms with Gasteiger partial charge in [-0.05, 0) is 18.9 Å². The minimum Gasteiger partial charge on any atom is -0.481 e. The van der Waals surface area contributed by atoms with Gasteiger partial charge in [-0.25, -0.2) is 0 Å². The normalized spacial score (nSPS) is 15.1. The first-order valence-corrected chi connectivity index (χ1v) is 12.4. The molecule has 5 nitrogen and oxygen atoms in total. The smallest absolute Gasteiger partial charge is 0.307 e. The van der Waals surface area contributed by atoms with E-state index >= 15 is 0 Å². The monoisotopic (exact) mass is 472 g/mol. The fourth-order valence-corrected chi connectivity index (χ4v) is 3.46. The van der Waals surface area contributed by atoms with E-state index in [2.05, 4.69) is 19.1 Å². The topological polar surface area (TPSA) is 74.6 Å². The molecule has 0 aliphatic rings. The second-order valence-electron chi connectivity index (χ2n) is 9.65. The van der Waals surface area contributed by atoms with Gasteiger partial charge >= 0.3 is 5.97 Å². The van der Waals surface area contributed by atoms with Crippen molar-refractivity contribution >= 4 is 11.8 Å². The Morgan fingerprint density at radius 2 is 1.21 bits per heavy atom. The fraction of sp³-hybridized carbons (Fsp3) is 0.517. The molecule has 0 rings (SSSR count). The van der Waals surface area contributed by atoms with E-state index < -0.39 is 23.8 Å². The molecule has 0 saturated heterocycles. The Bertz CT molecular complexity index is 751. The van der Waals surface area contributed by atoms with Gasteiger partial charge in [0.1, 0.15) is 6.54 Å². The maximum Gasteiger partial charge on any atom is 0.307 e. The highest BCUT2D eigenvalue weighted by Crippen LogP contribution is 2.17. The zero-order valence-electron chi connectivity index (χ0n) is 21.7. The Morgan fingerprint density at radius 1 is 0.735 bits per heavy atom. The number of aliphatic hydroxyl groups is 1. The lowest BCUT2D eigenvalue weighted by Gasteiger charge is -2.33. The molecule has 0 heterocycles. The Morgan fingerprint density at radius 3 is 1.71 bits per heavy atom. The van der Waals surface area contributed by atoms with E-state index in [0.717, 1.165) is 6.42 Å². The van der Waals surface area contributed by atoms with Crippen molar-refractivity contribution in [3.05, 3.63) is 72.9 Å². The van der Waals surface area contributed by atoms with Gasteiger partial charge in [-0.3, -0.25) is 9.59 Å². The standard InChI is InChI=1S/C29H45NO4/c1-5-6-7-8-9-10-11-12-13-14-15-16-17-18-19-20-21-22-23-24-27(31)29(34,25-28(32)33)26-30(2,3)4/h13-24,34H,5-12,25-26H2,1-4H3/p+1. The number of carbonyl (C=O) groups excluding carboxylic acids is 1. The molecule has 1 atom stereocenters. The molecule has 5 heteroatoms. The molecule has 1 unspecified atom stereocenters. The molecule has 0 aliphatic heterocycles. The summed E-state index contributed by atoms with van der Waals surface area (Å²) in [6.07, 6.45) is 31.8. The maximum atomic E-state index is 12.4. The van der Waals surface area contributed by atoms with Crippen LogP contribution >= 0.6 is 0 Å². The van der Waals surface area contributed by atoms with Crippen LogP contribution in [-0.4, -0.2) is 59.7 Å². The number of carbonyl (C=O) groups is 2. The van der Waals surface area contributed by atoms with Gasteiger partial charge < -0.3 is 14.7 Å². The summed E-state index contributed by atoms with van der Waals surface area (Å²) in [5.41, 5.74) is -1.93. The van der Waals surface area contributed by atoms with E-state index in [1.807, 2.05) is 36.5 Å². The number of likely N-dealkylation sites (N-methyl/N-ethyl adjacent to an activating group) is 1. The largest absolute Gasteiger partial charge is 0.481 e. The first kappa shape index (κ1) is 31.5. The summed E-state index contributed by atoms with van der Waals surface area (Å²) < 4.78 is 0.275. The van der Waals surface area contributed by atoms with Crippen LogP contribution < -0.4 is 0 Å². The molecule has 0 fully saturated rings. The molecular weight excluding hydrogens is 426 g/mol. The lowest BCUT2D eigenvalue weighted by molar-refractivity contribution is -0.875. The summed E-state index contributed by atoms with van der Waals surface area (Å²) in [6, 6.07) is 0. The van der Waals surface area contributed by atoms with E-state index in [1.165, 1.54) is 57.1 Å². The van der Waals surface area contributed by atoms with Crippen LogP contribution in [0.15, 0.2) is 72.9 Å². The third kappa shape index (κ3) is 19.0. The van der Waals surface area contributed by atoms with Crippen molar-refractivity contribution in [2.45, 2.75) is 70.3 Å². The van der Waals surface area contributed by atoms with E-state index in [0.29, 0.717) is 0 Å². The van der Waals surface area contributed by atoms with Crippen LogP contribution in [0.3, 0.4) is 0 Å². The van der Waals surface area contributed by atoms with Gasteiger partial charge in [-0.2, -0.15) is 0 Å². The summed E-state index contributed by atoms with van der Waals surface area (Å²) in [5.74, 6) is -1.82. The molecule has 0 aromatic heterocycles. The minimum atomic E-state index is -1.93. The number of ketones is 1. The van der Waals surface area contributed by atoms with Gasteiger partial charge in [0.15, 0.2) is 11.4 Å². The number of carboxylic acids is 1. The molecule has 0 spiro atoms. The van der Waals surface area contributed by atoms with Crippen LogP contribution in [0.5, 0.6) is 0 Å². The van der Waals surface area contributed by atoms with Gasteiger partial charge in [-0.1, -0.05) is 112 Å². The molecule has 0 aromatic rings. The average molecular weight is 473 g/mol. The van der Waals surface area contributed by atoms with Gasteiger partial charge in [0.05, 0.1) is 27.6 Å². The molecule has 0 amide bonds. The highest BCUT2D eigenvalue weighted by atomic mass is 16.4. The number of carboxylic acid groups (broad SMARTS) is 1. The molecule has 0 bridgehead atoms. The van der Waals surface area contributed by atoms with Crippen molar-refractivity contribution in [2.24, 2.45) is 0 Å². The Kier molecular flexibility index (Phi) is 17.5. The molecule has 0 radical (unpaired) electrons. The number of allylic oxidation sites excluding steroid dienone is 11. The third-order valence-corrected chi connectivity index (χ3v) is 5.00. The predicted molar refractivity (Wildman–Crippen MR) is 143 cm³/mol. The summed E-state index contributed by atoms with van der Waals surface area (Å²) in [4.78, 5) is 23.4. The first-order chi connectivity index (χ1) is 16.1. The van der Waals surface area contributed by atoms with Crippen molar-refractivity contribution in [2.75, 3.05) is 27.7 Å². The first-order valence-electron chi connectivity index (χ1n) is 12.4. The minimum absolute atomic E-state index is 0.0126. The molecule has 0 aliphatic carbocycles. The molecule has 0 saturated carbocycles. The molecule has 0 aromatic carbocycles. The molecule has 190 valence electrons. The Hall–Kier alpha value is -2.50. The van der Waals surface area contributed by atoms with E-state index in [9.17, 15) is 14.7 Å². The highest BCUT2D eigenvalue weighted by Gasteiger charge is 2.41. The quantitative estimate of drug-likeness (QED) is 0.105. The number of quaternary nitrogens is 1. The summed E-state index contributed by atoms with van der Waals surface area (Å²) >= 11 is 0. The van der Waals surface area contributed by atoms with Crippen molar-refractivity contribution < 1.29 is 24.3 Å². The van der Waals surface area contributed by atoms with Crippen LogP contribution in [0.1, 0.15) is 64.7 Å². The number of nitrogens with zero attached hydrogens (tertiary/aromatic N) is 1. The van der Waals surface area contributed by atoms with Crippen LogP contribution in [0.2, 0.25) is 0 Å². The zero-order chi connectivity index (χ0) is 25.7. The summed E-state index contributed by atoms with van der Waals surface area (Å²) in [6.45, 7) is 2.26. The molecule has 34 heavy (non-hydrogen) atoms. The van der Waals surface area contributed by atoms with Crippen LogP contribution in [-0.2, 0) is 9.59 Å². The number of hydrogen-bond donors (Lipinski definition) is 2. The SMILES string of the molecule is CCCCCCCCCC=CC=CC=CC=CC=CC=CC(=O)C(O)(CC(=O)O)C[N+](C)(C)C. The Labute approximate surface area is 207 Å². The lowest BCUT2D eigenvalue weighted by Crippen LogP contribution is -2.54. The van der Waals surface area contributed by atoms with Crippen molar-refractivity contribution in [3.63, 3.8) is 0 Å². The Balaban J connectivity index is 4.27. The van der Waals surface area contributed by atoms with E-state index in [-0.39, 0.29) is 11.0 Å². The second-order valence-corrected chi connectivity index (χ2v) is 9.65. The van der Waals surface area contributed by atoms with E-state index in [4.69, 9.17) is 5.11 Å². The van der Waals surface area contributed by atoms with Crippen LogP contribution in [0, 0.1) is 0 Å². The van der Waals surface area contributed by atoms with Crippen LogP contribution in [0.4, 0.5) is 0 Å². The zero-order valence-corrected chi connectivity index (χ0v) is 21.7. The number of unbranched alkanes of at least 4 members (excludes halogenated alkanes) is 7. The van der Waals surface area contributed by atoms with Crippen molar-refractivity contribution in [1.29, 1.82) is 0 Å².